The number of hydrogen-bond donors (Lipinski definition) is 1. The van der Waals surface area contributed by atoms with Crippen LogP contribution in [0.15, 0.2) is 42.5 Å². The van der Waals surface area contributed by atoms with Crippen molar-refractivity contribution in [2.75, 3.05) is 0 Å². The summed E-state index contributed by atoms with van der Waals surface area (Å²) in [5.41, 5.74) is 9.19. The number of halogens is 2. The fourth-order valence-electron chi connectivity index (χ4n) is 2.17. The summed E-state index contributed by atoms with van der Waals surface area (Å²) in [6.45, 7) is 2.18. The summed E-state index contributed by atoms with van der Waals surface area (Å²) in [5.74, 6) is -0.431. The third kappa shape index (κ3) is 3.59. The molecule has 0 fully saturated rings. The van der Waals surface area contributed by atoms with E-state index in [1.165, 1.54) is 24.5 Å². The van der Waals surface area contributed by atoms with Gasteiger partial charge in [-0.05, 0) is 41.7 Å². The van der Waals surface area contributed by atoms with Crippen LogP contribution in [-0.2, 0) is 6.42 Å². The molecule has 0 saturated heterocycles. The third-order valence-electron chi connectivity index (χ3n) is 3.46. The van der Waals surface area contributed by atoms with Crippen LogP contribution < -0.4 is 5.73 Å². The van der Waals surface area contributed by atoms with Gasteiger partial charge >= 0.3 is 0 Å². The molecule has 1 nitrogen and oxygen atoms in total. The fraction of sp³-hybridized carbons (Fsp3) is 0.294. The molecule has 1 atom stereocenters. The molecule has 106 valence electrons. The van der Waals surface area contributed by atoms with Crippen LogP contribution in [0.1, 0.15) is 42.5 Å². The maximum absolute atomic E-state index is 13.5. The first-order valence-electron chi connectivity index (χ1n) is 6.91. The maximum Gasteiger partial charge on any atom is 0.142 e. The number of hydrogen-bond acceptors (Lipinski definition) is 1. The van der Waals surface area contributed by atoms with Crippen LogP contribution in [-0.4, -0.2) is 0 Å². The van der Waals surface area contributed by atoms with Gasteiger partial charge in [-0.15, -0.1) is 0 Å². The van der Waals surface area contributed by atoms with Gasteiger partial charge in [0.15, 0.2) is 0 Å². The van der Waals surface area contributed by atoms with Crippen molar-refractivity contribution in [3.05, 3.63) is 70.0 Å². The second kappa shape index (κ2) is 6.87. The van der Waals surface area contributed by atoms with Crippen LogP contribution in [0.3, 0.4) is 0 Å². The van der Waals surface area contributed by atoms with Gasteiger partial charge in [-0.1, -0.05) is 55.3 Å². The number of nitrogens with two attached hydrogens (primary N) is 1. The number of benzene rings is 2. The van der Waals surface area contributed by atoms with Crippen molar-refractivity contribution >= 4 is 11.6 Å². The molecule has 2 rings (SSSR count). The van der Waals surface area contributed by atoms with Crippen LogP contribution in [0, 0.1) is 5.82 Å². The SMILES string of the molecule is CCCCc1ccc(C(N)c2ccc(Cl)c(F)c2)cc1. The second-order valence-electron chi connectivity index (χ2n) is 5.00. The highest BCUT2D eigenvalue weighted by Crippen LogP contribution is 2.24. The maximum atomic E-state index is 13.5. The summed E-state index contributed by atoms with van der Waals surface area (Å²) in [5, 5.41) is 0.121. The molecule has 3 heteroatoms. The Morgan fingerprint density at radius 1 is 1.10 bits per heavy atom. The van der Waals surface area contributed by atoms with Gasteiger partial charge in [0.25, 0.3) is 0 Å². The van der Waals surface area contributed by atoms with Crippen molar-refractivity contribution in [3.8, 4) is 0 Å². The minimum Gasteiger partial charge on any atom is -0.320 e. The lowest BCUT2D eigenvalue weighted by Gasteiger charge is -2.13. The summed E-state index contributed by atoms with van der Waals surface area (Å²) in [4.78, 5) is 0. The largest absolute Gasteiger partial charge is 0.320 e. The van der Waals surface area contributed by atoms with Crippen LogP contribution >= 0.6 is 11.6 Å². The van der Waals surface area contributed by atoms with Crippen molar-refractivity contribution in [3.63, 3.8) is 0 Å². The minimum atomic E-state index is -0.431. The molecular formula is C17H19ClFN. The van der Waals surface area contributed by atoms with Crippen LogP contribution in [0.2, 0.25) is 5.02 Å². The summed E-state index contributed by atoms with van der Waals surface area (Å²) >= 11 is 5.68. The van der Waals surface area contributed by atoms with Crippen LogP contribution in [0.25, 0.3) is 0 Å². The number of rotatable bonds is 5. The van der Waals surface area contributed by atoms with E-state index in [1.807, 2.05) is 12.1 Å². The Morgan fingerprint density at radius 2 is 1.75 bits per heavy atom. The van der Waals surface area contributed by atoms with E-state index in [1.54, 1.807) is 12.1 Å². The first-order chi connectivity index (χ1) is 9.61. The zero-order valence-electron chi connectivity index (χ0n) is 11.6. The average molecular weight is 292 g/mol. The lowest BCUT2D eigenvalue weighted by Crippen LogP contribution is -2.12. The Morgan fingerprint density at radius 3 is 2.35 bits per heavy atom. The van der Waals surface area contributed by atoms with Gasteiger partial charge < -0.3 is 5.73 Å². The van der Waals surface area contributed by atoms with E-state index in [9.17, 15) is 4.39 Å². The topological polar surface area (TPSA) is 26.0 Å². The molecule has 0 aliphatic carbocycles. The highest BCUT2D eigenvalue weighted by molar-refractivity contribution is 6.30. The Labute approximate surface area is 124 Å². The van der Waals surface area contributed by atoms with Gasteiger partial charge in [0, 0.05) is 0 Å². The molecule has 0 saturated carbocycles. The molecule has 0 aliphatic heterocycles. The predicted octanol–water partition coefficient (Wildman–Crippen LogP) is 4.87. The molecule has 0 spiro atoms. The normalized spacial score (nSPS) is 12.4. The average Bonchev–Trinajstić information content (AvgIpc) is 2.48. The first kappa shape index (κ1) is 15.0. The number of aryl methyl sites for hydroxylation is 1. The molecule has 0 radical (unpaired) electrons. The van der Waals surface area contributed by atoms with E-state index in [0.29, 0.717) is 0 Å². The molecule has 0 amide bonds. The Hall–Kier alpha value is -1.38. The lowest BCUT2D eigenvalue weighted by molar-refractivity contribution is 0.624. The van der Waals surface area contributed by atoms with E-state index < -0.39 is 5.82 Å². The first-order valence-corrected chi connectivity index (χ1v) is 7.29. The molecular weight excluding hydrogens is 273 g/mol. The molecule has 2 aromatic carbocycles. The fourth-order valence-corrected chi connectivity index (χ4v) is 2.29. The Balaban J connectivity index is 2.15. The predicted molar refractivity (Wildman–Crippen MR) is 82.5 cm³/mol. The van der Waals surface area contributed by atoms with Crippen molar-refractivity contribution in [1.29, 1.82) is 0 Å². The van der Waals surface area contributed by atoms with Crippen molar-refractivity contribution in [1.82, 2.24) is 0 Å². The van der Waals surface area contributed by atoms with Crippen molar-refractivity contribution < 1.29 is 4.39 Å². The zero-order chi connectivity index (χ0) is 14.5. The quantitative estimate of drug-likeness (QED) is 0.835. The third-order valence-corrected chi connectivity index (χ3v) is 3.77. The summed E-state index contributed by atoms with van der Waals surface area (Å²) in [6.07, 6.45) is 3.46. The molecule has 0 aromatic heterocycles. The van der Waals surface area contributed by atoms with E-state index >= 15 is 0 Å². The van der Waals surface area contributed by atoms with Gasteiger partial charge in [-0.25, -0.2) is 4.39 Å². The Bertz CT molecular complexity index is 566. The van der Waals surface area contributed by atoms with Crippen LogP contribution in [0.4, 0.5) is 4.39 Å². The van der Waals surface area contributed by atoms with E-state index in [4.69, 9.17) is 17.3 Å². The Kier molecular flexibility index (Phi) is 5.16. The van der Waals surface area contributed by atoms with Gasteiger partial charge in [0.05, 0.1) is 11.1 Å². The monoisotopic (exact) mass is 291 g/mol. The minimum absolute atomic E-state index is 0.121. The smallest absolute Gasteiger partial charge is 0.142 e. The van der Waals surface area contributed by atoms with Gasteiger partial charge in [-0.2, -0.15) is 0 Å². The van der Waals surface area contributed by atoms with Gasteiger partial charge in [0.1, 0.15) is 5.82 Å². The van der Waals surface area contributed by atoms with Crippen molar-refractivity contribution in [2.24, 2.45) is 5.73 Å². The standard InChI is InChI=1S/C17H19ClFN/c1-2-3-4-12-5-7-13(8-6-12)17(20)14-9-10-15(18)16(19)11-14/h5-11,17H,2-4,20H2,1H3. The van der Waals surface area contributed by atoms with E-state index in [2.05, 4.69) is 19.1 Å². The number of unbranched alkanes of at least 4 members (excludes halogenated alkanes) is 1. The molecule has 0 bridgehead atoms. The van der Waals surface area contributed by atoms with Crippen LogP contribution in [0.5, 0.6) is 0 Å². The molecule has 0 heterocycles. The van der Waals surface area contributed by atoms with E-state index in [-0.39, 0.29) is 11.1 Å². The highest BCUT2D eigenvalue weighted by atomic mass is 35.5. The van der Waals surface area contributed by atoms with Crippen molar-refractivity contribution in [2.45, 2.75) is 32.2 Å². The van der Waals surface area contributed by atoms with Gasteiger partial charge in [-0.3, -0.25) is 0 Å². The van der Waals surface area contributed by atoms with E-state index in [0.717, 1.165) is 17.5 Å². The zero-order valence-corrected chi connectivity index (χ0v) is 12.3. The molecule has 0 aliphatic rings. The highest BCUT2D eigenvalue weighted by Gasteiger charge is 2.11. The second-order valence-corrected chi connectivity index (χ2v) is 5.40. The lowest BCUT2D eigenvalue weighted by atomic mass is 9.97. The summed E-state index contributed by atoms with van der Waals surface area (Å²) < 4.78 is 13.5. The summed E-state index contributed by atoms with van der Waals surface area (Å²) in [7, 11) is 0. The molecule has 1 unspecified atom stereocenters. The molecule has 2 N–H and O–H groups in total. The van der Waals surface area contributed by atoms with Gasteiger partial charge in [0.2, 0.25) is 0 Å². The molecule has 2 aromatic rings. The summed E-state index contributed by atoms with van der Waals surface area (Å²) in [6, 6.07) is 12.6. The molecule has 20 heavy (non-hydrogen) atoms.